The molecule has 2 saturated heterocycles. The van der Waals surface area contributed by atoms with Crippen molar-refractivity contribution in [1.29, 1.82) is 0 Å². The molecule has 2 heterocycles. The van der Waals surface area contributed by atoms with Crippen LogP contribution < -0.4 is 0 Å². The van der Waals surface area contributed by atoms with Crippen LogP contribution in [0.5, 0.6) is 0 Å². The molecule has 3 heteroatoms. The second-order valence-electron chi connectivity index (χ2n) is 7.02. The first-order chi connectivity index (χ1) is 9.22. The van der Waals surface area contributed by atoms with Crippen molar-refractivity contribution in [3.8, 4) is 0 Å². The number of carboxylic acid groups (broad SMARTS) is 1. The summed E-state index contributed by atoms with van der Waals surface area (Å²) in [7, 11) is 0. The lowest BCUT2D eigenvalue weighted by Crippen LogP contribution is -2.45. The van der Waals surface area contributed by atoms with E-state index in [0.717, 1.165) is 18.8 Å². The van der Waals surface area contributed by atoms with E-state index in [1.807, 2.05) is 0 Å². The van der Waals surface area contributed by atoms with E-state index in [-0.39, 0.29) is 0 Å². The van der Waals surface area contributed by atoms with Crippen LogP contribution in [-0.2, 0) is 4.79 Å². The van der Waals surface area contributed by atoms with E-state index in [9.17, 15) is 4.79 Å². The molecular formula is C16H27NO2. The summed E-state index contributed by atoms with van der Waals surface area (Å²) in [6, 6.07) is 1.40. The lowest BCUT2D eigenvalue weighted by atomic mass is 9.85. The first-order valence-corrected chi connectivity index (χ1v) is 8.20. The van der Waals surface area contributed by atoms with Crippen molar-refractivity contribution in [1.82, 2.24) is 4.90 Å². The summed E-state index contributed by atoms with van der Waals surface area (Å²) in [4.78, 5) is 13.6. The molecule has 2 bridgehead atoms. The van der Waals surface area contributed by atoms with Gasteiger partial charge >= 0.3 is 5.97 Å². The van der Waals surface area contributed by atoms with Gasteiger partial charge in [-0.1, -0.05) is 19.3 Å². The SMILES string of the molecule is O=C(O)CC1CC2CCC(C1)N2CC1CCCCC1. The molecular weight excluding hydrogens is 238 g/mol. The first-order valence-electron chi connectivity index (χ1n) is 8.20. The Bertz CT molecular complexity index is 311. The van der Waals surface area contributed by atoms with Gasteiger partial charge in [-0.05, 0) is 50.4 Å². The number of hydrogen-bond acceptors (Lipinski definition) is 2. The topological polar surface area (TPSA) is 40.5 Å². The molecule has 0 aromatic rings. The minimum atomic E-state index is -0.606. The van der Waals surface area contributed by atoms with Crippen LogP contribution in [0, 0.1) is 11.8 Å². The van der Waals surface area contributed by atoms with Gasteiger partial charge in [0.2, 0.25) is 0 Å². The molecule has 0 amide bonds. The van der Waals surface area contributed by atoms with Crippen molar-refractivity contribution in [3.63, 3.8) is 0 Å². The van der Waals surface area contributed by atoms with Gasteiger partial charge in [0.05, 0.1) is 0 Å². The van der Waals surface area contributed by atoms with Crippen LogP contribution in [0.15, 0.2) is 0 Å². The van der Waals surface area contributed by atoms with E-state index < -0.39 is 5.97 Å². The van der Waals surface area contributed by atoms with E-state index in [0.29, 0.717) is 24.4 Å². The van der Waals surface area contributed by atoms with Gasteiger partial charge in [0, 0.05) is 25.0 Å². The van der Waals surface area contributed by atoms with Crippen molar-refractivity contribution < 1.29 is 9.90 Å². The first kappa shape index (κ1) is 13.4. The number of carboxylic acids is 1. The maximum Gasteiger partial charge on any atom is 0.303 e. The monoisotopic (exact) mass is 265 g/mol. The maximum atomic E-state index is 10.9. The number of carbonyl (C=O) groups is 1. The third kappa shape index (κ3) is 3.13. The molecule has 3 aliphatic rings. The molecule has 2 unspecified atom stereocenters. The van der Waals surface area contributed by atoms with Gasteiger partial charge in [-0.25, -0.2) is 0 Å². The minimum absolute atomic E-state index is 0.393. The van der Waals surface area contributed by atoms with Gasteiger partial charge in [-0.3, -0.25) is 9.69 Å². The average molecular weight is 265 g/mol. The van der Waals surface area contributed by atoms with Crippen LogP contribution in [-0.4, -0.2) is 34.6 Å². The Morgan fingerprint density at radius 3 is 2.16 bits per heavy atom. The van der Waals surface area contributed by atoms with Gasteiger partial charge < -0.3 is 5.11 Å². The summed E-state index contributed by atoms with van der Waals surface area (Å²) >= 11 is 0. The molecule has 108 valence electrons. The Morgan fingerprint density at radius 2 is 1.58 bits per heavy atom. The molecule has 1 aliphatic carbocycles. The lowest BCUT2D eigenvalue weighted by molar-refractivity contribution is -0.138. The smallest absolute Gasteiger partial charge is 0.303 e. The van der Waals surface area contributed by atoms with E-state index in [1.54, 1.807) is 0 Å². The van der Waals surface area contributed by atoms with Gasteiger partial charge in [-0.15, -0.1) is 0 Å². The van der Waals surface area contributed by atoms with Crippen LogP contribution >= 0.6 is 0 Å². The zero-order valence-corrected chi connectivity index (χ0v) is 11.9. The van der Waals surface area contributed by atoms with Crippen molar-refractivity contribution in [2.24, 2.45) is 11.8 Å². The third-order valence-corrected chi connectivity index (χ3v) is 5.64. The van der Waals surface area contributed by atoms with E-state index in [4.69, 9.17) is 5.11 Å². The Hall–Kier alpha value is -0.570. The zero-order chi connectivity index (χ0) is 13.2. The van der Waals surface area contributed by atoms with Crippen LogP contribution in [0.2, 0.25) is 0 Å². The molecule has 2 atom stereocenters. The number of nitrogens with zero attached hydrogens (tertiary/aromatic N) is 1. The highest BCUT2D eigenvalue weighted by molar-refractivity contribution is 5.67. The van der Waals surface area contributed by atoms with Crippen LogP contribution in [0.1, 0.15) is 64.2 Å². The van der Waals surface area contributed by atoms with Crippen LogP contribution in [0.4, 0.5) is 0 Å². The number of aliphatic carboxylic acids is 1. The van der Waals surface area contributed by atoms with Gasteiger partial charge in [0.25, 0.3) is 0 Å². The van der Waals surface area contributed by atoms with Gasteiger partial charge in [0.1, 0.15) is 0 Å². The number of rotatable bonds is 4. The maximum absolute atomic E-state index is 10.9. The fraction of sp³-hybridized carbons (Fsp3) is 0.938. The molecule has 2 aliphatic heterocycles. The summed E-state index contributed by atoms with van der Waals surface area (Å²) in [5, 5.41) is 8.97. The van der Waals surface area contributed by atoms with E-state index in [1.165, 1.54) is 51.5 Å². The summed E-state index contributed by atoms with van der Waals surface area (Å²) in [6.07, 6.45) is 12.4. The van der Waals surface area contributed by atoms with Crippen molar-refractivity contribution >= 4 is 5.97 Å². The predicted molar refractivity (Wildman–Crippen MR) is 75.1 cm³/mol. The average Bonchev–Trinajstić information content (AvgIpc) is 2.62. The van der Waals surface area contributed by atoms with Gasteiger partial charge in [0.15, 0.2) is 0 Å². The summed E-state index contributed by atoms with van der Waals surface area (Å²) in [6.45, 7) is 1.30. The number of hydrogen-bond donors (Lipinski definition) is 1. The molecule has 19 heavy (non-hydrogen) atoms. The molecule has 0 radical (unpaired) electrons. The van der Waals surface area contributed by atoms with E-state index in [2.05, 4.69) is 4.90 Å². The molecule has 0 spiro atoms. The van der Waals surface area contributed by atoms with Gasteiger partial charge in [-0.2, -0.15) is 0 Å². The highest BCUT2D eigenvalue weighted by atomic mass is 16.4. The normalized spacial score (nSPS) is 36.5. The number of piperidine rings is 1. The second kappa shape index (κ2) is 5.82. The third-order valence-electron chi connectivity index (χ3n) is 5.64. The Kier molecular flexibility index (Phi) is 4.11. The highest BCUT2D eigenvalue weighted by Gasteiger charge is 2.41. The number of fused-ring (bicyclic) bond motifs is 2. The molecule has 1 saturated carbocycles. The molecule has 0 aromatic heterocycles. The molecule has 3 fully saturated rings. The second-order valence-corrected chi connectivity index (χ2v) is 7.02. The summed E-state index contributed by atoms with van der Waals surface area (Å²) < 4.78 is 0. The minimum Gasteiger partial charge on any atom is -0.481 e. The van der Waals surface area contributed by atoms with Crippen LogP contribution in [0.3, 0.4) is 0 Å². The Morgan fingerprint density at radius 1 is 0.947 bits per heavy atom. The van der Waals surface area contributed by atoms with Crippen molar-refractivity contribution in [2.45, 2.75) is 76.3 Å². The van der Waals surface area contributed by atoms with E-state index >= 15 is 0 Å². The molecule has 1 N–H and O–H groups in total. The zero-order valence-electron chi connectivity index (χ0n) is 11.9. The fourth-order valence-corrected chi connectivity index (χ4v) is 4.77. The fourth-order valence-electron chi connectivity index (χ4n) is 4.77. The summed E-state index contributed by atoms with van der Waals surface area (Å²) in [5.74, 6) is 0.760. The van der Waals surface area contributed by atoms with Crippen molar-refractivity contribution in [2.75, 3.05) is 6.54 Å². The Labute approximate surface area is 116 Å². The molecule has 0 aromatic carbocycles. The standard InChI is InChI=1S/C16H27NO2/c18-16(19)10-13-8-14-6-7-15(9-13)17(14)11-12-4-2-1-3-5-12/h12-15H,1-11H2,(H,18,19). The largest absolute Gasteiger partial charge is 0.481 e. The summed E-state index contributed by atoms with van der Waals surface area (Å²) in [5.41, 5.74) is 0. The van der Waals surface area contributed by atoms with Crippen molar-refractivity contribution in [3.05, 3.63) is 0 Å². The Balaban J connectivity index is 1.55. The molecule has 3 nitrogen and oxygen atoms in total. The quantitative estimate of drug-likeness (QED) is 0.848. The lowest BCUT2D eigenvalue weighted by Gasteiger charge is -2.41. The molecule has 3 rings (SSSR count). The van der Waals surface area contributed by atoms with Crippen LogP contribution in [0.25, 0.3) is 0 Å². The highest BCUT2D eigenvalue weighted by Crippen LogP contribution is 2.41. The predicted octanol–water partition coefficient (Wildman–Crippen LogP) is 3.28.